The molecule has 0 aliphatic rings. The van der Waals surface area contributed by atoms with Gasteiger partial charge < -0.3 is 5.11 Å². The van der Waals surface area contributed by atoms with Crippen molar-refractivity contribution in [1.82, 2.24) is 9.78 Å². The van der Waals surface area contributed by atoms with Gasteiger partial charge in [-0.3, -0.25) is 4.68 Å². The number of aryl methyl sites for hydroxylation is 1. The highest BCUT2D eigenvalue weighted by Gasteiger charge is 2.14. The number of fused-ring (bicyclic) bond motifs is 1. The molecule has 0 bridgehead atoms. The molecule has 0 saturated heterocycles. The zero-order chi connectivity index (χ0) is 16.2. The molecule has 1 N–H and O–H groups in total. The van der Waals surface area contributed by atoms with Crippen LogP contribution in [0.3, 0.4) is 0 Å². The van der Waals surface area contributed by atoms with Crippen LogP contribution in [0.1, 0.15) is 17.5 Å². The van der Waals surface area contributed by atoms with Crippen molar-refractivity contribution in [2.45, 2.75) is 6.42 Å². The Balaban J connectivity index is 2.32. The Labute approximate surface area is 134 Å². The van der Waals surface area contributed by atoms with Crippen LogP contribution in [-0.2, 0) is 7.05 Å². The minimum atomic E-state index is 0.124. The quantitative estimate of drug-likeness (QED) is 0.802. The molecule has 1 aromatic heterocycles. The molecule has 4 nitrogen and oxygen atoms in total. The molecule has 0 unspecified atom stereocenters. The normalized spacial score (nSPS) is 11.2. The van der Waals surface area contributed by atoms with Gasteiger partial charge in [0, 0.05) is 30.8 Å². The molecule has 0 aliphatic carbocycles. The minimum Gasteiger partial charge on any atom is -0.396 e. The Bertz CT molecular complexity index is 916. The molecular weight excluding hydrogens is 286 g/mol. The van der Waals surface area contributed by atoms with E-state index >= 15 is 0 Å². The van der Waals surface area contributed by atoms with E-state index in [2.05, 4.69) is 11.2 Å². The fourth-order valence-electron chi connectivity index (χ4n) is 2.79. The van der Waals surface area contributed by atoms with Crippen LogP contribution in [-0.4, -0.2) is 21.5 Å². The Morgan fingerprint density at radius 2 is 2.04 bits per heavy atom. The SMILES string of the molecule is Cn1nccc1-c1cc(/C=C/CCO)c2ccccc2c1C#N. The second kappa shape index (κ2) is 6.47. The van der Waals surface area contributed by atoms with Gasteiger partial charge in [-0.05, 0) is 29.5 Å². The molecule has 4 heteroatoms. The van der Waals surface area contributed by atoms with E-state index in [9.17, 15) is 5.26 Å². The number of aromatic nitrogens is 2. The maximum absolute atomic E-state index is 9.68. The van der Waals surface area contributed by atoms with Crippen molar-refractivity contribution < 1.29 is 5.11 Å². The van der Waals surface area contributed by atoms with Gasteiger partial charge in [-0.1, -0.05) is 36.4 Å². The van der Waals surface area contributed by atoms with Crippen LogP contribution < -0.4 is 0 Å². The van der Waals surface area contributed by atoms with E-state index in [-0.39, 0.29) is 6.61 Å². The summed E-state index contributed by atoms with van der Waals surface area (Å²) in [6.45, 7) is 0.124. The third-order valence-electron chi connectivity index (χ3n) is 3.88. The van der Waals surface area contributed by atoms with E-state index in [4.69, 9.17) is 5.11 Å². The van der Waals surface area contributed by atoms with Crippen molar-refractivity contribution in [2.24, 2.45) is 7.05 Å². The van der Waals surface area contributed by atoms with Crippen molar-refractivity contribution in [1.29, 1.82) is 5.26 Å². The first kappa shape index (κ1) is 15.0. The van der Waals surface area contributed by atoms with E-state index in [1.807, 2.05) is 55.6 Å². The Hall–Kier alpha value is -2.90. The summed E-state index contributed by atoms with van der Waals surface area (Å²) in [5, 5.41) is 24.8. The van der Waals surface area contributed by atoms with Gasteiger partial charge in [0.25, 0.3) is 0 Å². The fourth-order valence-corrected chi connectivity index (χ4v) is 2.79. The van der Waals surface area contributed by atoms with Crippen molar-refractivity contribution in [3.63, 3.8) is 0 Å². The first-order chi connectivity index (χ1) is 11.3. The summed E-state index contributed by atoms with van der Waals surface area (Å²) in [6, 6.07) is 14.2. The molecule has 0 atom stereocenters. The van der Waals surface area contributed by atoms with Gasteiger partial charge in [-0.25, -0.2) is 0 Å². The largest absolute Gasteiger partial charge is 0.396 e. The summed E-state index contributed by atoms with van der Waals surface area (Å²) in [5.41, 5.74) is 3.46. The highest BCUT2D eigenvalue weighted by Crippen LogP contribution is 2.33. The lowest BCUT2D eigenvalue weighted by molar-refractivity contribution is 0.303. The monoisotopic (exact) mass is 303 g/mol. The fraction of sp³-hybridized carbons (Fsp3) is 0.158. The zero-order valence-electron chi connectivity index (χ0n) is 12.9. The summed E-state index contributed by atoms with van der Waals surface area (Å²) >= 11 is 0. The average Bonchev–Trinajstić information content (AvgIpc) is 3.00. The zero-order valence-corrected chi connectivity index (χ0v) is 12.9. The molecule has 2 aromatic carbocycles. The summed E-state index contributed by atoms with van der Waals surface area (Å²) < 4.78 is 1.77. The first-order valence-corrected chi connectivity index (χ1v) is 7.48. The van der Waals surface area contributed by atoms with Crippen LogP contribution in [0.25, 0.3) is 28.1 Å². The van der Waals surface area contributed by atoms with Crippen molar-refractivity contribution in [3.8, 4) is 17.3 Å². The van der Waals surface area contributed by atoms with E-state index in [1.165, 1.54) is 0 Å². The second-order valence-electron chi connectivity index (χ2n) is 5.30. The summed E-state index contributed by atoms with van der Waals surface area (Å²) in [6.07, 6.45) is 6.28. The number of aliphatic hydroxyl groups excluding tert-OH is 1. The number of rotatable bonds is 4. The third-order valence-corrected chi connectivity index (χ3v) is 3.88. The van der Waals surface area contributed by atoms with Crippen molar-refractivity contribution in [2.75, 3.05) is 6.61 Å². The lowest BCUT2D eigenvalue weighted by atomic mass is 9.93. The van der Waals surface area contributed by atoms with Crippen LogP contribution in [0, 0.1) is 11.3 Å². The highest BCUT2D eigenvalue weighted by atomic mass is 16.2. The van der Waals surface area contributed by atoms with E-state index < -0.39 is 0 Å². The Kier molecular flexibility index (Phi) is 4.22. The highest BCUT2D eigenvalue weighted by molar-refractivity contribution is 5.99. The molecule has 0 fully saturated rings. The van der Waals surface area contributed by atoms with E-state index in [0.717, 1.165) is 27.6 Å². The topological polar surface area (TPSA) is 61.8 Å². The van der Waals surface area contributed by atoms with Crippen LogP contribution in [0.4, 0.5) is 0 Å². The van der Waals surface area contributed by atoms with Crippen molar-refractivity contribution in [3.05, 3.63) is 59.8 Å². The molecule has 0 aliphatic heterocycles. The molecule has 0 saturated carbocycles. The predicted octanol–water partition coefficient (Wildman–Crippen LogP) is 3.51. The van der Waals surface area contributed by atoms with Gasteiger partial charge in [-0.2, -0.15) is 10.4 Å². The molecule has 0 radical (unpaired) electrons. The molecule has 0 amide bonds. The molecule has 23 heavy (non-hydrogen) atoms. The first-order valence-electron chi connectivity index (χ1n) is 7.48. The maximum Gasteiger partial charge on any atom is 0.100 e. The lowest BCUT2D eigenvalue weighted by Crippen LogP contribution is -1.97. The van der Waals surface area contributed by atoms with Crippen LogP contribution in [0.5, 0.6) is 0 Å². The lowest BCUT2D eigenvalue weighted by Gasteiger charge is -2.11. The molecule has 3 aromatic rings. The molecule has 3 rings (SSSR count). The summed E-state index contributed by atoms with van der Waals surface area (Å²) in [7, 11) is 1.87. The van der Waals surface area contributed by atoms with Gasteiger partial charge >= 0.3 is 0 Å². The number of benzene rings is 2. The summed E-state index contributed by atoms with van der Waals surface area (Å²) in [5.74, 6) is 0. The Morgan fingerprint density at radius 3 is 2.70 bits per heavy atom. The maximum atomic E-state index is 9.68. The number of hydrogen-bond donors (Lipinski definition) is 1. The van der Waals surface area contributed by atoms with Gasteiger partial charge in [0.1, 0.15) is 6.07 Å². The molecular formula is C19H17N3O. The number of aliphatic hydroxyl groups is 1. The van der Waals surface area contributed by atoms with E-state index in [1.54, 1.807) is 10.9 Å². The van der Waals surface area contributed by atoms with Crippen LogP contribution in [0.2, 0.25) is 0 Å². The van der Waals surface area contributed by atoms with Crippen LogP contribution in [0.15, 0.2) is 48.7 Å². The molecule has 1 heterocycles. The smallest absolute Gasteiger partial charge is 0.100 e. The Morgan fingerprint density at radius 1 is 1.26 bits per heavy atom. The number of nitrogens with zero attached hydrogens (tertiary/aromatic N) is 3. The van der Waals surface area contributed by atoms with Crippen molar-refractivity contribution >= 4 is 16.8 Å². The summed E-state index contributed by atoms with van der Waals surface area (Å²) in [4.78, 5) is 0. The molecule has 114 valence electrons. The van der Waals surface area contributed by atoms with Gasteiger partial charge in [0.15, 0.2) is 0 Å². The second-order valence-corrected chi connectivity index (χ2v) is 5.30. The standard InChI is InChI=1S/C19H17N3O/c1-22-19(9-10-21-22)17-12-14(6-4-5-11-23)15-7-2-3-8-16(15)18(17)13-20/h2-4,6-10,12,23H,5,11H2,1H3/b6-4+. The van der Waals surface area contributed by atoms with Crippen LogP contribution >= 0.6 is 0 Å². The predicted molar refractivity (Wildman–Crippen MR) is 91.6 cm³/mol. The van der Waals surface area contributed by atoms with Gasteiger partial charge in [-0.15, -0.1) is 0 Å². The number of hydrogen-bond acceptors (Lipinski definition) is 3. The van der Waals surface area contributed by atoms with Gasteiger partial charge in [0.2, 0.25) is 0 Å². The molecule has 0 spiro atoms. The number of nitriles is 1. The van der Waals surface area contributed by atoms with E-state index in [0.29, 0.717) is 12.0 Å². The average molecular weight is 303 g/mol. The third kappa shape index (κ3) is 2.75. The minimum absolute atomic E-state index is 0.124. The van der Waals surface area contributed by atoms with Gasteiger partial charge in [0.05, 0.1) is 11.3 Å².